The van der Waals surface area contributed by atoms with Gasteiger partial charge in [0, 0.05) is 24.7 Å². The zero-order chi connectivity index (χ0) is 13.0. The maximum Gasteiger partial charge on any atom is 0.253 e. The summed E-state index contributed by atoms with van der Waals surface area (Å²) in [5.41, 5.74) is 0.788. The van der Waals surface area contributed by atoms with E-state index in [9.17, 15) is 4.79 Å². The third kappa shape index (κ3) is 2.91. The number of hydrogen-bond acceptors (Lipinski definition) is 2. The molecule has 2 rings (SSSR count). The Labute approximate surface area is 109 Å². The molecule has 0 spiro atoms. The van der Waals surface area contributed by atoms with Crippen LogP contribution in [0.15, 0.2) is 30.3 Å². The lowest BCUT2D eigenvalue weighted by Gasteiger charge is -2.34. The summed E-state index contributed by atoms with van der Waals surface area (Å²) in [7, 11) is 3.95. The van der Waals surface area contributed by atoms with Crippen LogP contribution >= 0.6 is 0 Å². The number of nitrogens with zero attached hydrogens (tertiary/aromatic N) is 1. The highest BCUT2D eigenvalue weighted by atomic mass is 16.2. The zero-order valence-corrected chi connectivity index (χ0v) is 11.2. The number of benzene rings is 1. The molecule has 1 aromatic rings. The fourth-order valence-electron chi connectivity index (χ4n) is 2.70. The van der Waals surface area contributed by atoms with E-state index in [0.29, 0.717) is 12.1 Å². The van der Waals surface area contributed by atoms with Gasteiger partial charge in [-0.05, 0) is 44.9 Å². The zero-order valence-electron chi connectivity index (χ0n) is 11.2. The summed E-state index contributed by atoms with van der Waals surface area (Å²) in [5.74, 6) is 0.142. The van der Waals surface area contributed by atoms with E-state index in [1.54, 1.807) is 0 Å². The number of rotatable bonds is 3. The van der Waals surface area contributed by atoms with Gasteiger partial charge in [0.15, 0.2) is 0 Å². The van der Waals surface area contributed by atoms with Gasteiger partial charge in [0.25, 0.3) is 5.91 Å². The summed E-state index contributed by atoms with van der Waals surface area (Å²) in [6, 6.07) is 10.6. The van der Waals surface area contributed by atoms with Gasteiger partial charge in [-0.3, -0.25) is 4.79 Å². The molecule has 1 aromatic carbocycles. The molecule has 1 fully saturated rings. The topological polar surface area (TPSA) is 32.3 Å². The van der Waals surface area contributed by atoms with E-state index in [2.05, 4.69) is 5.32 Å². The predicted molar refractivity (Wildman–Crippen MR) is 73.6 cm³/mol. The largest absolute Gasteiger partial charge is 0.339 e. The molecule has 1 aliphatic rings. The molecular weight excluding hydrogens is 224 g/mol. The van der Waals surface area contributed by atoms with E-state index in [-0.39, 0.29) is 5.91 Å². The fraction of sp³-hybridized carbons (Fsp3) is 0.533. The first-order valence-electron chi connectivity index (χ1n) is 6.72. The first-order chi connectivity index (χ1) is 8.72. The molecule has 0 radical (unpaired) electrons. The monoisotopic (exact) mass is 246 g/mol. The minimum absolute atomic E-state index is 0.142. The van der Waals surface area contributed by atoms with Crippen molar-refractivity contribution in [3.05, 3.63) is 35.9 Å². The SMILES string of the molecule is CN[C@H]1CC[C@H](N(C)C(=O)c2ccccc2)CC1. The number of hydrogen-bond donors (Lipinski definition) is 1. The molecule has 0 unspecified atom stereocenters. The van der Waals surface area contributed by atoms with Crippen molar-refractivity contribution in [1.82, 2.24) is 10.2 Å². The van der Waals surface area contributed by atoms with Gasteiger partial charge in [-0.15, -0.1) is 0 Å². The van der Waals surface area contributed by atoms with Crippen molar-refractivity contribution in [1.29, 1.82) is 0 Å². The van der Waals surface area contributed by atoms with Crippen LogP contribution in [0, 0.1) is 0 Å². The van der Waals surface area contributed by atoms with Crippen molar-refractivity contribution in [3.8, 4) is 0 Å². The van der Waals surface area contributed by atoms with Crippen molar-refractivity contribution >= 4 is 5.91 Å². The average molecular weight is 246 g/mol. The molecule has 1 aliphatic carbocycles. The van der Waals surface area contributed by atoms with E-state index in [0.717, 1.165) is 31.2 Å². The van der Waals surface area contributed by atoms with Crippen LogP contribution in [0.25, 0.3) is 0 Å². The van der Waals surface area contributed by atoms with E-state index in [4.69, 9.17) is 0 Å². The minimum atomic E-state index is 0.142. The molecule has 18 heavy (non-hydrogen) atoms. The molecule has 0 aliphatic heterocycles. The Morgan fingerprint density at radius 3 is 2.33 bits per heavy atom. The third-order valence-electron chi connectivity index (χ3n) is 3.99. The van der Waals surface area contributed by atoms with Crippen molar-refractivity contribution < 1.29 is 4.79 Å². The second-order valence-corrected chi connectivity index (χ2v) is 5.08. The van der Waals surface area contributed by atoms with Gasteiger partial charge in [-0.1, -0.05) is 18.2 Å². The average Bonchev–Trinajstić information content (AvgIpc) is 2.47. The summed E-state index contributed by atoms with van der Waals surface area (Å²) >= 11 is 0. The molecule has 0 heterocycles. The van der Waals surface area contributed by atoms with Crippen LogP contribution in [0.4, 0.5) is 0 Å². The van der Waals surface area contributed by atoms with Crippen molar-refractivity contribution in [2.45, 2.75) is 37.8 Å². The lowest BCUT2D eigenvalue weighted by Crippen LogP contribution is -2.42. The highest BCUT2D eigenvalue weighted by Crippen LogP contribution is 2.23. The molecule has 3 nitrogen and oxygen atoms in total. The quantitative estimate of drug-likeness (QED) is 0.887. The normalized spacial score (nSPS) is 23.7. The van der Waals surface area contributed by atoms with Crippen LogP contribution < -0.4 is 5.32 Å². The minimum Gasteiger partial charge on any atom is -0.339 e. The van der Waals surface area contributed by atoms with Crippen molar-refractivity contribution in [2.75, 3.05) is 14.1 Å². The van der Waals surface area contributed by atoms with Crippen molar-refractivity contribution in [2.24, 2.45) is 0 Å². The maximum atomic E-state index is 12.3. The molecule has 3 heteroatoms. The predicted octanol–water partition coefficient (Wildman–Crippen LogP) is 2.29. The molecule has 0 atom stereocenters. The maximum absolute atomic E-state index is 12.3. The molecule has 0 aromatic heterocycles. The van der Waals surface area contributed by atoms with Crippen LogP contribution in [-0.4, -0.2) is 37.0 Å². The highest BCUT2D eigenvalue weighted by Gasteiger charge is 2.26. The number of amides is 1. The molecule has 1 N–H and O–H groups in total. The van der Waals surface area contributed by atoms with Gasteiger partial charge in [0.05, 0.1) is 0 Å². The third-order valence-corrected chi connectivity index (χ3v) is 3.99. The second kappa shape index (κ2) is 6.01. The number of nitrogens with one attached hydrogen (secondary N) is 1. The van der Waals surface area contributed by atoms with Gasteiger partial charge >= 0.3 is 0 Å². The van der Waals surface area contributed by atoms with Crippen LogP contribution in [0.5, 0.6) is 0 Å². The molecule has 0 saturated heterocycles. The fourth-order valence-corrected chi connectivity index (χ4v) is 2.70. The molecule has 1 amide bonds. The molecule has 98 valence electrons. The van der Waals surface area contributed by atoms with E-state index in [1.807, 2.05) is 49.3 Å². The second-order valence-electron chi connectivity index (χ2n) is 5.08. The van der Waals surface area contributed by atoms with Crippen LogP contribution in [0.1, 0.15) is 36.0 Å². The Hall–Kier alpha value is -1.35. The lowest BCUT2D eigenvalue weighted by atomic mass is 9.90. The van der Waals surface area contributed by atoms with Gasteiger partial charge in [-0.25, -0.2) is 0 Å². The lowest BCUT2D eigenvalue weighted by molar-refractivity contribution is 0.0685. The van der Waals surface area contributed by atoms with Gasteiger partial charge in [0.1, 0.15) is 0 Å². The van der Waals surface area contributed by atoms with Crippen LogP contribution in [0.3, 0.4) is 0 Å². The number of carbonyl (C=O) groups is 1. The summed E-state index contributed by atoms with van der Waals surface area (Å²) in [4.78, 5) is 14.2. The highest BCUT2D eigenvalue weighted by molar-refractivity contribution is 5.94. The Morgan fingerprint density at radius 2 is 1.78 bits per heavy atom. The summed E-state index contributed by atoms with van der Waals surface area (Å²) in [6.45, 7) is 0. The van der Waals surface area contributed by atoms with E-state index in [1.165, 1.54) is 0 Å². The molecule has 1 saturated carbocycles. The van der Waals surface area contributed by atoms with Crippen LogP contribution in [-0.2, 0) is 0 Å². The standard InChI is InChI=1S/C15H22N2O/c1-16-13-8-10-14(11-9-13)17(2)15(18)12-6-4-3-5-7-12/h3-7,13-14,16H,8-11H2,1-2H3/t13-,14-. The van der Waals surface area contributed by atoms with E-state index >= 15 is 0 Å². The summed E-state index contributed by atoms with van der Waals surface area (Å²) in [6.07, 6.45) is 4.52. The number of carbonyl (C=O) groups excluding carboxylic acids is 1. The first kappa shape index (κ1) is 13.1. The van der Waals surface area contributed by atoms with Gasteiger partial charge in [-0.2, -0.15) is 0 Å². The molecular formula is C15H22N2O. The Bertz CT molecular complexity index is 383. The summed E-state index contributed by atoms with van der Waals surface area (Å²) in [5, 5.41) is 3.32. The summed E-state index contributed by atoms with van der Waals surface area (Å²) < 4.78 is 0. The van der Waals surface area contributed by atoms with Gasteiger partial charge in [0.2, 0.25) is 0 Å². The Morgan fingerprint density at radius 1 is 1.17 bits per heavy atom. The van der Waals surface area contributed by atoms with Crippen molar-refractivity contribution in [3.63, 3.8) is 0 Å². The first-order valence-corrected chi connectivity index (χ1v) is 6.72. The molecule has 0 bridgehead atoms. The Balaban J connectivity index is 1.96. The van der Waals surface area contributed by atoms with E-state index < -0.39 is 0 Å². The Kier molecular flexibility index (Phi) is 4.37. The van der Waals surface area contributed by atoms with Gasteiger partial charge < -0.3 is 10.2 Å². The van der Waals surface area contributed by atoms with Crippen LogP contribution in [0.2, 0.25) is 0 Å². The smallest absolute Gasteiger partial charge is 0.253 e.